The third kappa shape index (κ3) is 5.99. The van der Waals surface area contributed by atoms with Gasteiger partial charge in [0.15, 0.2) is 11.5 Å². The van der Waals surface area contributed by atoms with Gasteiger partial charge in [-0.05, 0) is 63.2 Å². The number of nitrogens with one attached hydrogen (secondary N) is 1. The number of methoxy groups -OCH3 is 1. The van der Waals surface area contributed by atoms with Crippen molar-refractivity contribution in [1.29, 1.82) is 0 Å². The summed E-state index contributed by atoms with van der Waals surface area (Å²) in [5.74, 6) is 1.79. The Labute approximate surface area is 192 Å². The lowest BCUT2D eigenvalue weighted by Gasteiger charge is -2.23. The lowest BCUT2D eigenvalue weighted by atomic mass is 10.1. The first-order chi connectivity index (χ1) is 15.4. The molecule has 0 aliphatic carbocycles. The van der Waals surface area contributed by atoms with E-state index in [1.807, 2.05) is 57.6 Å². The van der Waals surface area contributed by atoms with E-state index in [1.54, 1.807) is 24.5 Å². The molecule has 7 nitrogen and oxygen atoms in total. The number of aromatic nitrogens is 1. The number of hydrogen-bond acceptors (Lipinski definition) is 7. The van der Waals surface area contributed by atoms with Crippen LogP contribution in [0.25, 0.3) is 6.08 Å². The Hall–Kier alpha value is -3.10. The molecule has 2 heterocycles. The molecule has 1 N–H and O–H groups in total. The van der Waals surface area contributed by atoms with Crippen molar-refractivity contribution in [2.45, 2.75) is 26.5 Å². The molecule has 0 bridgehead atoms. The highest BCUT2D eigenvalue weighted by Gasteiger charge is 2.15. The van der Waals surface area contributed by atoms with E-state index in [-0.39, 0.29) is 11.9 Å². The Bertz CT molecular complexity index is 1040. The Morgan fingerprint density at radius 3 is 2.72 bits per heavy atom. The minimum absolute atomic E-state index is 0.140. The topological polar surface area (TPSA) is 76.8 Å². The van der Waals surface area contributed by atoms with Crippen LogP contribution in [0.1, 0.15) is 33.5 Å². The molecule has 0 radical (unpaired) electrons. The van der Waals surface area contributed by atoms with Gasteiger partial charge in [0, 0.05) is 17.5 Å². The largest absolute Gasteiger partial charge is 0.493 e. The van der Waals surface area contributed by atoms with Crippen LogP contribution in [-0.4, -0.2) is 43.7 Å². The van der Waals surface area contributed by atoms with Gasteiger partial charge in [0.25, 0.3) is 0 Å². The molecule has 1 unspecified atom stereocenters. The summed E-state index contributed by atoms with van der Waals surface area (Å²) in [4.78, 5) is 15.7. The van der Waals surface area contributed by atoms with Crippen LogP contribution in [0.15, 0.2) is 46.3 Å². The van der Waals surface area contributed by atoms with E-state index in [9.17, 15) is 4.79 Å². The van der Waals surface area contributed by atoms with Gasteiger partial charge in [0.2, 0.25) is 5.91 Å². The second-order valence-corrected chi connectivity index (χ2v) is 8.55. The fourth-order valence-electron chi connectivity index (χ4n) is 3.21. The van der Waals surface area contributed by atoms with Crippen LogP contribution < -0.4 is 14.8 Å². The van der Waals surface area contributed by atoms with Gasteiger partial charge in [-0.3, -0.25) is 4.79 Å². The highest BCUT2D eigenvalue weighted by molar-refractivity contribution is 7.10. The number of aryl methyl sites for hydroxylation is 2. The second kappa shape index (κ2) is 11.0. The number of carbonyl (C=O) groups excluding carboxylic acids is 1. The molecule has 0 saturated carbocycles. The molecular weight excluding hydrogens is 426 g/mol. The Kier molecular flexibility index (Phi) is 8.08. The summed E-state index contributed by atoms with van der Waals surface area (Å²) in [6.45, 7) is 4.61. The number of likely N-dealkylation sites (N-methyl/N-ethyl adjacent to an activating group) is 1. The fraction of sp³-hybridized carbons (Fsp3) is 0.333. The molecule has 0 fully saturated rings. The van der Waals surface area contributed by atoms with Crippen molar-refractivity contribution in [3.05, 3.63) is 69.2 Å². The summed E-state index contributed by atoms with van der Waals surface area (Å²) in [6, 6.07) is 9.78. The first-order valence-electron chi connectivity index (χ1n) is 10.3. The van der Waals surface area contributed by atoms with Gasteiger partial charge in [-0.2, -0.15) is 0 Å². The third-order valence-electron chi connectivity index (χ3n) is 5.13. The van der Waals surface area contributed by atoms with Crippen molar-refractivity contribution in [3.8, 4) is 11.5 Å². The first-order valence-corrected chi connectivity index (χ1v) is 11.1. The zero-order valence-electron chi connectivity index (χ0n) is 19.0. The molecule has 32 heavy (non-hydrogen) atoms. The number of hydrogen-bond donors (Lipinski definition) is 1. The van der Waals surface area contributed by atoms with Crippen LogP contribution in [0, 0.1) is 13.8 Å². The van der Waals surface area contributed by atoms with Gasteiger partial charge in [-0.15, -0.1) is 11.3 Å². The quantitative estimate of drug-likeness (QED) is 0.458. The molecule has 1 aromatic carbocycles. The second-order valence-electron chi connectivity index (χ2n) is 7.58. The summed E-state index contributed by atoms with van der Waals surface area (Å²) in [5, 5.41) is 8.96. The van der Waals surface area contributed by atoms with Crippen LogP contribution in [0.3, 0.4) is 0 Å². The predicted molar refractivity (Wildman–Crippen MR) is 126 cm³/mol. The van der Waals surface area contributed by atoms with Crippen molar-refractivity contribution in [2.24, 2.45) is 0 Å². The molecule has 1 atom stereocenters. The molecule has 0 spiro atoms. The molecule has 0 aliphatic heterocycles. The summed E-state index contributed by atoms with van der Waals surface area (Å²) in [5.41, 5.74) is 2.57. The van der Waals surface area contributed by atoms with Crippen molar-refractivity contribution in [1.82, 2.24) is 15.4 Å². The maximum Gasteiger partial charge on any atom is 0.244 e. The van der Waals surface area contributed by atoms with Crippen molar-refractivity contribution < 1.29 is 18.8 Å². The maximum absolute atomic E-state index is 12.3. The average molecular weight is 456 g/mol. The smallest absolute Gasteiger partial charge is 0.244 e. The lowest BCUT2D eigenvalue weighted by Crippen LogP contribution is -2.33. The number of benzene rings is 1. The predicted octanol–water partition coefficient (Wildman–Crippen LogP) is 4.37. The van der Waals surface area contributed by atoms with Crippen molar-refractivity contribution in [2.75, 3.05) is 27.7 Å². The number of nitrogens with zero attached hydrogens (tertiary/aromatic N) is 2. The van der Waals surface area contributed by atoms with E-state index >= 15 is 0 Å². The van der Waals surface area contributed by atoms with Gasteiger partial charge < -0.3 is 24.2 Å². The molecule has 8 heteroatoms. The van der Waals surface area contributed by atoms with Gasteiger partial charge in [0.1, 0.15) is 12.4 Å². The third-order valence-corrected chi connectivity index (χ3v) is 6.11. The fourth-order valence-corrected chi connectivity index (χ4v) is 4.13. The lowest BCUT2D eigenvalue weighted by molar-refractivity contribution is -0.116. The van der Waals surface area contributed by atoms with Crippen LogP contribution >= 0.6 is 11.3 Å². The van der Waals surface area contributed by atoms with Crippen molar-refractivity contribution in [3.63, 3.8) is 0 Å². The molecule has 0 aliphatic rings. The van der Waals surface area contributed by atoms with Gasteiger partial charge in [-0.1, -0.05) is 17.3 Å². The molecule has 3 rings (SSSR count). The van der Waals surface area contributed by atoms with Crippen LogP contribution in [-0.2, 0) is 11.4 Å². The first kappa shape index (κ1) is 23.6. The van der Waals surface area contributed by atoms with E-state index < -0.39 is 0 Å². The zero-order valence-corrected chi connectivity index (χ0v) is 19.9. The summed E-state index contributed by atoms with van der Waals surface area (Å²) in [7, 11) is 5.60. The number of thiophene rings is 1. The Balaban J connectivity index is 1.59. The number of carbonyl (C=O) groups is 1. The number of rotatable bonds is 10. The maximum atomic E-state index is 12.3. The van der Waals surface area contributed by atoms with E-state index in [1.165, 1.54) is 11.0 Å². The monoisotopic (exact) mass is 455 g/mol. The molecule has 170 valence electrons. The minimum atomic E-state index is -0.147. The van der Waals surface area contributed by atoms with Crippen molar-refractivity contribution >= 4 is 23.3 Å². The standard InChI is InChI=1S/C24H29N3O4S/c1-16-19(17(2)31-26-16)15-30-21-10-8-18(13-22(21)29-5)9-11-24(28)25-14-20(27(3)4)23-7-6-12-32-23/h6-13,20H,14-15H2,1-5H3,(H,25,28)/b11-9+. The highest BCUT2D eigenvalue weighted by atomic mass is 32.1. The number of ether oxygens (including phenoxy) is 2. The molecule has 0 saturated heterocycles. The normalized spacial score (nSPS) is 12.3. The van der Waals surface area contributed by atoms with E-state index in [0.717, 1.165) is 22.6 Å². The highest BCUT2D eigenvalue weighted by Crippen LogP contribution is 2.30. The zero-order chi connectivity index (χ0) is 23.1. The van der Waals surface area contributed by atoms with Crippen LogP contribution in [0.4, 0.5) is 0 Å². The summed E-state index contributed by atoms with van der Waals surface area (Å²) in [6.07, 6.45) is 3.28. The van der Waals surface area contributed by atoms with Gasteiger partial charge >= 0.3 is 0 Å². The molecular formula is C24H29N3O4S. The summed E-state index contributed by atoms with van der Waals surface area (Å²) < 4.78 is 16.5. The Morgan fingerprint density at radius 1 is 1.28 bits per heavy atom. The van der Waals surface area contributed by atoms with E-state index in [4.69, 9.17) is 14.0 Å². The SMILES string of the molecule is COc1cc(/C=C/C(=O)NCC(c2cccs2)N(C)C)ccc1OCc1c(C)noc1C. The summed E-state index contributed by atoms with van der Waals surface area (Å²) >= 11 is 1.69. The molecule has 1 amide bonds. The van der Waals surface area contributed by atoms with Gasteiger partial charge in [0.05, 0.1) is 24.4 Å². The number of amides is 1. The van der Waals surface area contributed by atoms with E-state index in [0.29, 0.717) is 24.7 Å². The van der Waals surface area contributed by atoms with Crippen LogP contribution in [0.5, 0.6) is 11.5 Å². The average Bonchev–Trinajstić information content (AvgIpc) is 3.41. The molecule has 3 aromatic rings. The van der Waals surface area contributed by atoms with E-state index in [2.05, 4.69) is 21.4 Å². The van der Waals surface area contributed by atoms with Gasteiger partial charge in [-0.25, -0.2) is 0 Å². The minimum Gasteiger partial charge on any atom is -0.493 e. The van der Waals surface area contributed by atoms with Crippen LogP contribution in [0.2, 0.25) is 0 Å². The molecule has 2 aromatic heterocycles. The Morgan fingerprint density at radius 2 is 2.09 bits per heavy atom.